The van der Waals surface area contributed by atoms with Crippen LogP contribution in [-0.4, -0.2) is 36.5 Å². The number of hydrogen-bond donors (Lipinski definition) is 1. The van der Waals surface area contributed by atoms with Gasteiger partial charge in [0.2, 0.25) is 5.91 Å². The Morgan fingerprint density at radius 2 is 1.88 bits per heavy atom. The van der Waals surface area contributed by atoms with Gasteiger partial charge in [0, 0.05) is 13.1 Å². The number of carbonyl (C=O) groups is 1. The van der Waals surface area contributed by atoms with Gasteiger partial charge in [0.25, 0.3) is 0 Å². The van der Waals surface area contributed by atoms with Crippen LogP contribution in [0.15, 0.2) is 0 Å². The zero-order valence-electron chi connectivity index (χ0n) is 11.7. The van der Waals surface area contributed by atoms with E-state index in [0.717, 1.165) is 25.6 Å². The fraction of sp³-hybridized carbons (Fsp3) is 0.929. The van der Waals surface area contributed by atoms with Crippen LogP contribution in [0.25, 0.3) is 0 Å². The summed E-state index contributed by atoms with van der Waals surface area (Å²) in [5.41, 5.74) is 0. The Labute approximate surface area is 106 Å². The van der Waals surface area contributed by atoms with Crippen molar-refractivity contribution in [3.8, 4) is 0 Å². The van der Waals surface area contributed by atoms with Gasteiger partial charge in [0.05, 0.1) is 6.04 Å². The summed E-state index contributed by atoms with van der Waals surface area (Å²) >= 11 is 0. The van der Waals surface area contributed by atoms with E-state index in [1.165, 1.54) is 32.1 Å². The molecule has 0 aromatic carbocycles. The second kappa shape index (κ2) is 7.70. The van der Waals surface area contributed by atoms with E-state index in [2.05, 4.69) is 5.32 Å². The van der Waals surface area contributed by atoms with E-state index in [9.17, 15) is 4.79 Å². The Kier molecular flexibility index (Phi) is 6.56. The molecule has 1 aliphatic rings. The zero-order chi connectivity index (χ0) is 12.7. The Bertz CT molecular complexity index is 220. The van der Waals surface area contributed by atoms with Crippen molar-refractivity contribution in [3.05, 3.63) is 0 Å². The quantitative estimate of drug-likeness (QED) is 0.741. The highest BCUT2D eigenvalue weighted by atomic mass is 16.2. The molecule has 100 valence electrons. The van der Waals surface area contributed by atoms with Crippen LogP contribution < -0.4 is 5.32 Å². The summed E-state index contributed by atoms with van der Waals surface area (Å²) < 4.78 is 0. The summed E-state index contributed by atoms with van der Waals surface area (Å²) in [6.07, 6.45) is 6.81. The van der Waals surface area contributed by atoms with Gasteiger partial charge in [-0.15, -0.1) is 0 Å². The lowest BCUT2D eigenvalue weighted by molar-refractivity contribution is -0.132. The van der Waals surface area contributed by atoms with Crippen LogP contribution in [0.2, 0.25) is 0 Å². The zero-order valence-corrected chi connectivity index (χ0v) is 11.7. The van der Waals surface area contributed by atoms with E-state index in [1.54, 1.807) is 0 Å². The van der Waals surface area contributed by atoms with Crippen LogP contribution in [0, 0.1) is 5.92 Å². The second-order valence-corrected chi connectivity index (χ2v) is 5.13. The third kappa shape index (κ3) is 4.66. The molecule has 1 rings (SSSR count). The smallest absolute Gasteiger partial charge is 0.239 e. The summed E-state index contributed by atoms with van der Waals surface area (Å²) in [4.78, 5) is 13.9. The first-order chi connectivity index (χ1) is 8.19. The van der Waals surface area contributed by atoms with E-state index in [0.29, 0.717) is 0 Å². The maximum absolute atomic E-state index is 12.0. The van der Waals surface area contributed by atoms with Crippen molar-refractivity contribution in [1.29, 1.82) is 0 Å². The third-order valence-electron chi connectivity index (χ3n) is 3.92. The van der Waals surface area contributed by atoms with Crippen molar-refractivity contribution in [2.45, 2.75) is 58.9 Å². The lowest BCUT2D eigenvalue weighted by atomic mass is 10.0. The van der Waals surface area contributed by atoms with Gasteiger partial charge in [-0.1, -0.05) is 25.7 Å². The molecule has 0 spiro atoms. The molecule has 0 heterocycles. The molecule has 1 unspecified atom stereocenters. The molecule has 0 aromatic heterocycles. The Morgan fingerprint density at radius 3 is 2.41 bits per heavy atom. The van der Waals surface area contributed by atoms with Crippen LogP contribution in [0.3, 0.4) is 0 Å². The SMILES string of the molecule is CCN(CC)C(=O)C(C)NCCC1CCCC1. The van der Waals surface area contributed by atoms with Crippen molar-refractivity contribution < 1.29 is 4.79 Å². The van der Waals surface area contributed by atoms with Gasteiger partial charge >= 0.3 is 0 Å². The predicted octanol–water partition coefficient (Wildman–Crippen LogP) is 2.41. The number of nitrogens with one attached hydrogen (secondary N) is 1. The summed E-state index contributed by atoms with van der Waals surface area (Å²) in [6.45, 7) is 8.65. The molecule has 0 radical (unpaired) electrons. The Morgan fingerprint density at radius 1 is 1.29 bits per heavy atom. The maximum atomic E-state index is 12.0. The van der Waals surface area contributed by atoms with E-state index in [1.807, 2.05) is 25.7 Å². The van der Waals surface area contributed by atoms with Gasteiger partial charge in [0.1, 0.15) is 0 Å². The lowest BCUT2D eigenvalue weighted by Crippen LogP contribution is -2.45. The molecule has 0 aliphatic heterocycles. The van der Waals surface area contributed by atoms with E-state index < -0.39 is 0 Å². The standard InChI is InChI=1S/C14H28N2O/c1-4-16(5-2)14(17)12(3)15-11-10-13-8-6-7-9-13/h12-13,15H,4-11H2,1-3H3. The molecule has 1 N–H and O–H groups in total. The van der Waals surface area contributed by atoms with E-state index >= 15 is 0 Å². The van der Waals surface area contributed by atoms with Crippen molar-refractivity contribution in [2.75, 3.05) is 19.6 Å². The predicted molar refractivity (Wildman–Crippen MR) is 72.0 cm³/mol. The minimum atomic E-state index is -0.0312. The lowest BCUT2D eigenvalue weighted by Gasteiger charge is -2.23. The van der Waals surface area contributed by atoms with Crippen LogP contribution in [0.4, 0.5) is 0 Å². The normalized spacial score (nSPS) is 18.3. The summed E-state index contributed by atoms with van der Waals surface area (Å²) in [5.74, 6) is 1.14. The Hall–Kier alpha value is -0.570. The van der Waals surface area contributed by atoms with Crippen LogP contribution in [0.5, 0.6) is 0 Å². The average Bonchev–Trinajstić information content (AvgIpc) is 2.83. The fourth-order valence-electron chi connectivity index (χ4n) is 2.70. The first-order valence-corrected chi connectivity index (χ1v) is 7.21. The van der Waals surface area contributed by atoms with Gasteiger partial charge < -0.3 is 10.2 Å². The first-order valence-electron chi connectivity index (χ1n) is 7.21. The molecule has 0 aromatic rings. The minimum Gasteiger partial charge on any atom is -0.342 e. The fourth-order valence-corrected chi connectivity index (χ4v) is 2.70. The molecule has 0 bridgehead atoms. The molecular formula is C14H28N2O. The van der Waals surface area contributed by atoms with Gasteiger partial charge in [-0.3, -0.25) is 4.79 Å². The molecule has 1 fully saturated rings. The number of likely N-dealkylation sites (N-methyl/N-ethyl adjacent to an activating group) is 1. The average molecular weight is 240 g/mol. The number of nitrogens with zero attached hydrogens (tertiary/aromatic N) is 1. The number of hydrogen-bond acceptors (Lipinski definition) is 2. The maximum Gasteiger partial charge on any atom is 0.239 e. The van der Waals surface area contributed by atoms with E-state index in [-0.39, 0.29) is 11.9 Å². The topological polar surface area (TPSA) is 32.3 Å². The molecule has 1 aliphatic carbocycles. The first kappa shape index (κ1) is 14.5. The second-order valence-electron chi connectivity index (χ2n) is 5.13. The summed E-state index contributed by atoms with van der Waals surface area (Å²) in [7, 11) is 0. The monoisotopic (exact) mass is 240 g/mol. The molecule has 1 saturated carbocycles. The van der Waals surface area contributed by atoms with Crippen molar-refractivity contribution in [1.82, 2.24) is 10.2 Å². The molecule has 3 nitrogen and oxygen atoms in total. The highest BCUT2D eigenvalue weighted by Gasteiger charge is 2.19. The molecule has 3 heteroatoms. The van der Waals surface area contributed by atoms with Crippen molar-refractivity contribution >= 4 is 5.91 Å². The molecule has 0 saturated heterocycles. The highest BCUT2D eigenvalue weighted by Crippen LogP contribution is 2.26. The molecular weight excluding hydrogens is 212 g/mol. The Balaban J connectivity index is 2.18. The number of carbonyl (C=O) groups excluding carboxylic acids is 1. The molecule has 1 atom stereocenters. The number of amides is 1. The molecule has 17 heavy (non-hydrogen) atoms. The molecule has 1 amide bonds. The van der Waals surface area contributed by atoms with Crippen LogP contribution in [0.1, 0.15) is 52.9 Å². The van der Waals surface area contributed by atoms with Gasteiger partial charge in [-0.25, -0.2) is 0 Å². The summed E-state index contributed by atoms with van der Waals surface area (Å²) in [6, 6.07) is -0.0312. The highest BCUT2D eigenvalue weighted by molar-refractivity contribution is 5.81. The van der Waals surface area contributed by atoms with Gasteiger partial charge in [-0.05, 0) is 39.7 Å². The van der Waals surface area contributed by atoms with Gasteiger partial charge in [0.15, 0.2) is 0 Å². The minimum absolute atomic E-state index is 0.0312. The summed E-state index contributed by atoms with van der Waals surface area (Å²) in [5, 5.41) is 3.37. The van der Waals surface area contributed by atoms with Gasteiger partial charge in [-0.2, -0.15) is 0 Å². The largest absolute Gasteiger partial charge is 0.342 e. The van der Waals surface area contributed by atoms with Crippen LogP contribution >= 0.6 is 0 Å². The third-order valence-corrected chi connectivity index (χ3v) is 3.92. The van der Waals surface area contributed by atoms with E-state index in [4.69, 9.17) is 0 Å². The van der Waals surface area contributed by atoms with Crippen molar-refractivity contribution in [2.24, 2.45) is 5.92 Å². The van der Waals surface area contributed by atoms with Crippen molar-refractivity contribution in [3.63, 3.8) is 0 Å². The van der Waals surface area contributed by atoms with Crippen LogP contribution in [-0.2, 0) is 4.79 Å². The number of rotatable bonds is 7.